The summed E-state index contributed by atoms with van der Waals surface area (Å²) >= 11 is 3.41. The van der Waals surface area contributed by atoms with Crippen molar-refractivity contribution < 1.29 is 9.53 Å². The van der Waals surface area contributed by atoms with Gasteiger partial charge in [-0.1, -0.05) is 15.9 Å². The summed E-state index contributed by atoms with van der Waals surface area (Å²) in [7, 11) is 0. The molecule has 0 saturated carbocycles. The third-order valence-corrected chi connectivity index (χ3v) is 3.86. The predicted octanol–water partition coefficient (Wildman–Crippen LogP) is 3.24. The van der Waals surface area contributed by atoms with Gasteiger partial charge in [0, 0.05) is 16.7 Å². The van der Waals surface area contributed by atoms with Crippen LogP contribution in [0, 0.1) is 11.3 Å². The lowest BCUT2D eigenvalue weighted by Crippen LogP contribution is -2.45. The first kappa shape index (κ1) is 14.9. The number of esters is 1. The molecule has 0 amide bonds. The van der Waals surface area contributed by atoms with Gasteiger partial charge < -0.3 is 9.64 Å². The average molecular weight is 337 g/mol. The van der Waals surface area contributed by atoms with Gasteiger partial charge in [0.2, 0.25) is 0 Å². The van der Waals surface area contributed by atoms with E-state index >= 15 is 0 Å². The lowest BCUT2D eigenvalue weighted by Gasteiger charge is -2.36. The van der Waals surface area contributed by atoms with Crippen LogP contribution in [0.2, 0.25) is 0 Å². The number of ether oxygens (including phenoxy) is 1. The van der Waals surface area contributed by atoms with E-state index in [1.165, 1.54) is 0 Å². The van der Waals surface area contributed by atoms with Gasteiger partial charge in [0.15, 0.2) is 0 Å². The number of rotatable bonds is 3. The summed E-state index contributed by atoms with van der Waals surface area (Å²) in [5, 5.41) is 9.06. The monoisotopic (exact) mass is 336 g/mol. The van der Waals surface area contributed by atoms with Gasteiger partial charge in [-0.2, -0.15) is 5.26 Å². The van der Waals surface area contributed by atoms with Crippen LogP contribution >= 0.6 is 15.9 Å². The van der Waals surface area contributed by atoms with Crippen molar-refractivity contribution in [2.24, 2.45) is 0 Å². The molecule has 1 aromatic carbocycles. The third-order valence-electron chi connectivity index (χ3n) is 3.40. The van der Waals surface area contributed by atoms with Crippen LogP contribution in [0.3, 0.4) is 0 Å². The van der Waals surface area contributed by atoms with Crippen molar-refractivity contribution in [1.82, 2.24) is 0 Å². The first-order valence-corrected chi connectivity index (χ1v) is 7.59. The third kappa shape index (κ3) is 3.31. The zero-order valence-electron chi connectivity index (χ0n) is 11.4. The molecular formula is C15H17BrN2O2. The zero-order chi connectivity index (χ0) is 14.5. The Bertz CT molecular complexity index is 539. The molecule has 1 atom stereocenters. The molecule has 1 aliphatic heterocycles. The Labute approximate surface area is 127 Å². The maximum atomic E-state index is 12.1. The van der Waals surface area contributed by atoms with Gasteiger partial charge >= 0.3 is 5.97 Å². The highest BCUT2D eigenvalue weighted by Crippen LogP contribution is 2.29. The topological polar surface area (TPSA) is 53.3 Å². The normalized spacial score (nSPS) is 18.4. The number of halogens is 1. The van der Waals surface area contributed by atoms with Crippen LogP contribution in [0.4, 0.5) is 5.69 Å². The van der Waals surface area contributed by atoms with E-state index < -0.39 is 0 Å². The van der Waals surface area contributed by atoms with Crippen molar-refractivity contribution in [3.05, 3.63) is 28.2 Å². The quantitative estimate of drug-likeness (QED) is 0.795. The predicted molar refractivity (Wildman–Crippen MR) is 80.5 cm³/mol. The molecule has 0 bridgehead atoms. The number of piperidine rings is 1. The van der Waals surface area contributed by atoms with Crippen LogP contribution < -0.4 is 4.90 Å². The summed E-state index contributed by atoms with van der Waals surface area (Å²) in [5.74, 6) is -0.175. The average Bonchev–Trinajstić information content (AvgIpc) is 2.46. The Balaban J connectivity index is 2.30. The van der Waals surface area contributed by atoms with Crippen LogP contribution in [0.5, 0.6) is 0 Å². The van der Waals surface area contributed by atoms with Gasteiger partial charge in [-0.25, -0.2) is 4.79 Å². The van der Waals surface area contributed by atoms with Gasteiger partial charge in [-0.3, -0.25) is 0 Å². The summed E-state index contributed by atoms with van der Waals surface area (Å²) < 4.78 is 6.01. The van der Waals surface area contributed by atoms with Crippen molar-refractivity contribution >= 4 is 27.6 Å². The van der Waals surface area contributed by atoms with E-state index in [2.05, 4.69) is 22.0 Å². The molecule has 106 valence electrons. The highest BCUT2D eigenvalue weighted by molar-refractivity contribution is 9.10. The van der Waals surface area contributed by atoms with E-state index in [1.807, 2.05) is 24.0 Å². The van der Waals surface area contributed by atoms with E-state index in [9.17, 15) is 4.79 Å². The highest BCUT2D eigenvalue weighted by Gasteiger charge is 2.30. The van der Waals surface area contributed by atoms with Gasteiger partial charge in [0.05, 0.1) is 18.2 Å². The number of nitrogens with zero attached hydrogens (tertiary/aromatic N) is 2. The van der Waals surface area contributed by atoms with Crippen LogP contribution in [0.1, 0.15) is 31.7 Å². The smallest absolute Gasteiger partial charge is 0.328 e. The maximum absolute atomic E-state index is 12.1. The largest absolute Gasteiger partial charge is 0.464 e. The van der Waals surface area contributed by atoms with E-state index in [-0.39, 0.29) is 12.0 Å². The summed E-state index contributed by atoms with van der Waals surface area (Å²) in [4.78, 5) is 14.1. The van der Waals surface area contributed by atoms with E-state index in [1.54, 1.807) is 6.07 Å². The summed E-state index contributed by atoms with van der Waals surface area (Å²) in [6, 6.07) is 7.43. The van der Waals surface area contributed by atoms with Gasteiger partial charge in [-0.15, -0.1) is 0 Å². The molecule has 5 heteroatoms. The van der Waals surface area contributed by atoms with Crippen LogP contribution in [0.15, 0.2) is 22.7 Å². The summed E-state index contributed by atoms with van der Waals surface area (Å²) in [6.45, 7) is 3.02. The fraction of sp³-hybridized carbons (Fsp3) is 0.467. The minimum Gasteiger partial charge on any atom is -0.464 e. The van der Waals surface area contributed by atoms with Crippen molar-refractivity contribution in [3.8, 4) is 6.07 Å². The van der Waals surface area contributed by atoms with Gasteiger partial charge in [0.25, 0.3) is 0 Å². The molecule has 20 heavy (non-hydrogen) atoms. The number of anilines is 1. The zero-order valence-corrected chi connectivity index (χ0v) is 13.0. The summed E-state index contributed by atoms with van der Waals surface area (Å²) in [5.41, 5.74) is 1.48. The molecule has 1 fully saturated rings. The fourth-order valence-corrected chi connectivity index (χ4v) is 3.01. The minimum atomic E-state index is -0.246. The fourth-order valence-electron chi connectivity index (χ4n) is 2.53. The Hall–Kier alpha value is -1.54. The van der Waals surface area contributed by atoms with Gasteiger partial charge in [-0.05, 0) is 44.4 Å². The molecule has 1 saturated heterocycles. The molecule has 0 N–H and O–H groups in total. The molecule has 2 rings (SSSR count). The molecular weight excluding hydrogens is 320 g/mol. The van der Waals surface area contributed by atoms with E-state index in [4.69, 9.17) is 10.00 Å². The number of carbonyl (C=O) groups is 1. The number of benzene rings is 1. The van der Waals surface area contributed by atoms with Gasteiger partial charge in [0.1, 0.15) is 6.04 Å². The second-order valence-corrected chi connectivity index (χ2v) is 5.68. The second-order valence-electron chi connectivity index (χ2n) is 4.77. The molecule has 4 nitrogen and oxygen atoms in total. The molecule has 0 spiro atoms. The summed E-state index contributed by atoms with van der Waals surface area (Å²) in [6.07, 6.45) is 2.87. The second kappa shape index (κ2) is 6.76. The van der Waals surface area contributed by atoms with Crippen LogP contribution in [-0.4, -0.2) is 25.2 Å². The van der Waals surface area contributed by atoms with Crippen molar-refractivity contribution in [2.45, 2.75) is 32.2 Å². The van der Waals surface area contributed by atoms with Crippen LogP contribution in [0.25, 0.3) is 0 Å². The Morgan fingerprint density at radius 2 is 2.30 bits per heavy atom. The Morgan fingerprint density at radius 3 is 3.00 bits per heavy atom. The standard InChI is InChI=1S/C15H17BrN2O2/c1-2-20-15(19)14-5-3-4-6-18(14)13-8-11(10-17)7-12(16)9-13/h7-9,14H,2-6H2,1H3. The maximum Gasteiger partial charge on any atom is 0.328 e. The number of hydrogen-bond acceptors (Lipinski definition) is 4. The first-order chi connectivity index (χ1) is 9.65. The first-order valence-electron chi connectivity index (χ1n) is 6.79. The number of carbonyl (C=O) groups excluding carboxylic acids is 1. The van der Waals surface area contributed by atoms with Crippen molar-refractivity contribution in [1.29, 1.82) is 5.26 Å². The molecule has 0 aliphatic carbocycles. The number of nitriles is 1. The SMILES string of the molecule is CCOC(=O)C1CCCCN1c1cc(Br)cc(C#N)c1. The molecule has 1 unspecified atom stereocenters. The molecule has 1 aromatic rings. The van der Waals surface area contributed by atoms with E-state index in [0.29, 0.717) is 12.2 Å². The van der Waals surface area contributed by atoms with Crippen molar-refractivity contribution in [2.75, 3.05) is 18.1 Å². The molecule has 1 aliphatic rings. The highest BCUT2D eigenvalue weighted by atomic mass is 79.9. The molecule has 1 heterocycles. The molecule has 0 radical (unpaired) electrons. The lowest BCUT2D eigenvalue weighted by atomic mass is 10.0. The van der Waals surface area contributed by atoms with Crippen LogP contribution in [-0.2, 0) is 9.53 Å². The lowest BCUT2D eigenvalue weighted by molar-refractivity contribution is -0.145. The van der Waals surface area contributed by atoms with Crippen molar-refractivity contribution in [3.63, 3.8) is 0 Å². The minimum absolute atomic E-state index is 0.175. The Kier molecular flexibility index (Phi) is 5.02. The Morgan fingerprint density at radius 1 is 1.50 bits per heavy atom. The van der Waals surface area contributed by atoms with E-state index in [0.717, 1.165) is 36.0 Å². The number of hydrogen-bond donors (Lipinski definition) is 0. The molecule has 0 aromatic heterocycles.